The van der Waals surface area contributed by atoms with Crippen LogP contribution in [0.2, 0.25) is 0 Å². The van der Waals surface area contributed by atoms with Crippen molar-refractivity contribution in [2.75, 3.05) is 19.8 Å². The lowest BCUT2D eigenvalue weighted by molar-refractivity contribution is 0.0656. The van der Waals surface area contributed by atoms with Crippen molar-refractivity contribution in [2.45, 2.75) is 12.1 Å². The summed E-state index contributed by atoms with van der Waals surface area (Å²) in [6.45, 7) is 0.491. The van der Waals surface area contributed by atoms with Gasteiger partial charge in [-0.3, -0.25) is 0 Å². The Morgan fingerprint density at radius 1 is 1.30 bits per heavy atom. The van der Waals surface area contributed by atoms with Gasteiger partial charge in [-0.25, -0.2) is 0 Å². The van der Waals surface area contributed by atoms with Crippen LogP contribution < -0.4 is 5.32 Å². The Labute approximate surface area is 59.5 Å². The quantitative estimate of drug-likeness (QED) is 0.362. The molecule has 1 heterocycles. The van der Waals surface area contributed by atoms with Crippen LogP contribution in [-0.4, -0.2) is 47.2 Å². The van der Waals surface area contributed by atoms with Gasteiger partial charge in [-0.2, -0.15) is 0 Å². The molecule has 1 fully saturated rings. The van der Waals surface area contributed by atoms with Crippen molar-refractivity contribution in [3.8, 4) is 0 Å². The molecule has 4 nitrogen and oxygen atoms in total. The summed E-state index contributed by atoms with van der Waals surface area (Å²) < 4.78 is 0. The number of aliphatic hydroxyl groups is 3. The highest BCUT2D eigenvalue weighted by Crippen LogP contribution is 2.13. The molecule has 0 aromatic heterocycles. The first-order valence-electron chi connectivity index (χ1n) is 3.42. The summed E-state index contributed by atoms with van der Waals surface area (Å²) in [5.41, 5.74) is 0. The number of nitrogens with one attached hydrogen (secondary N) is 1. The van der Waals surface area contributed by atoms with Gasteiger partial charge in [0.2, 0.25) is 0 Å². The lowest BCUT2D eigenvalue weighted by Crippen LogP contribution is -2.35. The van der Waals surface area contributed by atoms with Crippen LogP contribution in [-0.2, 0) is 0 Å². The van der Waals surface area contributed by atoms with Gasteiger partial charge >= 0.3 is 0 Å². The first-order chi connectivity index (χ1) is 4.79. The van der Waals surface area contributed by atoms with E-state index in [0.717, 1.165) is 0 Å². The van der Waals surface area contributed by atoms with Crippen LogP contribution in [0.4, 0.5) is 0 Å². The zero-order chi connectivity index (χ0) is 7.56. The smallest absolute Gasteiger partial charge is 0.0777 e. The Hall–Kier alpha value is -0.160. The van der Waals surface area contributed by atoms with Gasteiger partial charge in [0.25, 0.3) is 0 Å². The number of hydrogen-bond acceptors (Lipinski definition) is 4. The van der Waals surface area contributed by atoms with Crippen LogP contribution in [0.5, 0.6) is 0 Å². The van der Waals surface area contributed by atoms with Crippen molar-refractivity contribution in [1.29, 1.82) is 0 Å². The monoisotopic (exact) mass is 147 g/mol. The van der Waals surface area contributed by atoms with Crippen LogP contribution in [0, 0.1) is 5.92 Å². The Bertz CT molecular complexity index is 97.2. The number of hydrogen-bond donors (Lipinski definition) is 4. The summed E-state index contributed by atoms with van der Waals surface area (Å²) >= 11 is 0. The highest BCUT2D eigenvalue weighted by molar-refractivity contribution is 4.89. The molecule has 0 bridgehead atoms. The standard InChI is InChI=1S/C6H13NO3/c8-2-4-1-7-5(3-9)6(4)10/h4-10H,1-3H2. The molecule has 1 aliphatic heterocycles. The topological polar surface area (TPSA) is 72.7 Å². The molecular formula is C6H13NO3. The molecule has 0 aromatic carbocycles. The van der Waals surface area contributed by atoms with Gasteiger partial charge in [0.15, 0.2) is 0 Å². The maximum absolute atomic E-state index is 9.27. The second kappa shape index (κ2) is 3.30. The van der Waals surface area contributed by atoms with Gasteiger partial charge in [0.05, 0.1) is 18.8 Å². The molecule has 4 N–H and O–H groups in total. The summed E-state index contributed by atoms with van der Waals surface area (Å²) in [4.78, 5) is 0. The lowest BCUT2D eigenvalue weighted by Gasteiger charge is -2.14. The fraction of sp³-hybridized carbons (Fsp3) is 1.00. The van der Waals surface area contributed by atoms with E-state index in [1.165, 1.54) is 0 Å². The molecule has 1 saturated heterocycles. The number of aliphatic hydroxyl groups excluding tert-OH is 3. The van der Waals surface area contributed by atoms with E-state index in [2.05, 4.69) is 5.32 Å². The van der Waals surface area contributed by atoms with Crippen LogP contribution in [0.25, 0.3) is 0 Å². The van der Waals surface area contributed by atoms with Crippen LogP contribution in [0.1, 0.15) is 0 Å². The Morgan fingerprint density at radius 3 is 2.30 bits per heavy atom. The first-order valence-corrected chi connectivity index (χ1v) is 3.42. The van der Waals surface area contributed by atoms with Gasteiger partial charge < -0.3 is 20.6 Å². The molecule has 3 atom stereocenters. The molecule has 0 saturated carbocycles. The van der Waals surface area contributed by atoms with Gasteiger partial charge in [-0.15, -0.1) is 0 Å². The predicted molar refractivity (Wildman–Crippen MR) is 35.5 cm³/mol. The summed E-state index contributed by atoms with van der Waals surface area (Å²) in [7, 11) is 0. The molecule has 3 unspecified atom stereocenters. The van der Waals surface area contributed by atoms with E-state index in [1.807, 2.05) is 0 Å². The minimum Gasteiger partial charge on any atom is -0.396 e. The fourth-order valence-corrected chi connectivity index (χ4v) is 1.22. The van der Waals surface area contributed by atoms with Gasteiger partial charge in [-0.1, -0.05) is 0 Å². The molecule has 0 aliphatic carbocycles. The first kappa shape index (κ1) is 7.94. The molecule has 0 aromatic rings. The van der Waals surface area contributed by atoms with Crippen LogP contribution in [0.15, 0.2) is 0 Å². The normalized spacial score (nSPS) is 40.5. The van der Waals surface area contributed by atoms with E-state index in [-0.39, 0.29) is 25.2 Å². The molecular weight excluding hydrogens is 134 g/mol. The second-order valence-electron chi connectivity index (χ2n) is 2.63. The third-order valence-electron chi connectivity index (χ3n) is 1.97. The van der Waals surface area contributed by atoms with Crippen molar-refractivity contribution < 1.29 is 15.3 Å². The number of rotatable bonds is 2. The summed E-state index contributed by atoms with van der Waals surface area (Å²) in [5, 5.41) is 29.5. The highest BCUT2D eigenvalue weighted by atomic mass is 16.3. The van der Waals surface area contributed by atoms with E-state index in [1.54, 1.807) is 0 Å². The molecule has 4 heteroatoms. The van der Waals surface area contributed by atoms with Crippen molar-refractivity contribution in [3.05, 3.63) is 0 Å². The molecule has 60 valence electrons. The van der Waals surface area contributed by atoms with Gasteiger partial charge in [0, 0.05) is 19.1 Å². The predicted octanol–water partition coefficient (Wildman–Crippen LogP) is -2.08. The zero-order valence-corrected chi connectivity index (χ0v) is 5.70. The van der Waals surface area contributed by atoms with Gasteiger partial charge in [-0.05, 0) is 0 Å². The summed E-state index contributed by atoms with van der Waals surface area (Å²) in [6, 6.07) is -0.253. The third-order valence-corrected chi connectivity index (χ3v) is 1.97. The maximum atomic E-state index is 9.27. The van der Waals surface area contributed by atoms with Gasteiger partial charge in [0.1, 0.15) is 0 Å². The average Bonchev–Trinajstić information content (AvgIpc) is 2.30. The summed E-state index contributed by atoms with van der Waals surface area (Å²) in [6.07, 6.45) is -0.602. The van der Waals surface area contributed by atoms with E-state index in [9.17, 15) is 5.11 Å². The maximum Gasteiger partial charge on any atom is 0.0777 e. The van der Waals surface area contributed by atoms with Crippen LogP contribution in [0.3, 0.4) is 0 Å². The second-order valence-corrected chi connectivity index (χ2v) is 2.63. The fourth-order valence-electron chi connectivity index (χ4n) is 1.22. The largest absolute Gasteiger partial charge is 0.396 e. The molecule has 0 radical (unpaired) electrons. The molecule has 1 rings (SSSR count). The summed E-state index contributed by atoms with van der Waals surface area (Å²) in [5.74, 6) is -0.114. The lowest BCUT2D eigenvalue weighted by atomic mass is 10.0. The van der Waals surface area contributed by atoms with Crippen molar-refractivity contribution in [2.24, 2.45) is 5.92 Å². The Morgan fingerprint density at radius 2 is 2.00 bits per heavy atom. The van der Waals surface area contributed by atoms with E-state index in [0.29, 0.717) is 6.54 Å². The van der Waals surface area contributed by atoms with Crippen molar-refractivity contribution in [1.82, 2.24) is 5.32 Å². The average molecular weight is 147 g/mol. The van der Waals surface area contributed by atoms with E-state index < -0.39 is 6.10 Å². The van der Waals surface area contributed by atoms with Crippen molar-refractivity contribution >= 4 is 0 Å². The zero-order valence-electron chi connectivity index (χ0n) is 5.70. The third kappa shape index (κ3) is 1.29. The van der Waals surface area contributed by atoms with Crippen LogP contribution >= 0.6 is 0 Å². The minimum absolute atomic E-state index is 0.0231. The molecule has 0 amide bonds. The minimum atomic E-state index is -0.602. The molecule has 1 aliphatic rings. The SMILES string of the molecule is OCC1CNC(CO)C1O. The Balaban J connectivity index is 2.41. The molecule has 0 spiro atoms. The molecule has 10 heavy (non-hydrogen) atoms. The van der Waals surface area contributed by atoms with E-state index >= 15 is 0 Å². The van der Waals surface area contributed by atoms with E-state index in [4.69, 9.17) is 10.2 Å². The Kier molecular flexibility index (Phi) is 2.62. The highest BCUT2D eigenvalue weighted by Gasteiger charge is 2.32. The van der Waals surface area contributed by atoms with Crippen molar-refractivity contribution in [3.63, 3.8) is 0 Å².